The second-order valence-electron chi connectivity index (χ2n) is 5.62. The Balaban J connectivity index is 2.47. The van der Waals surface area contributed by atoms with E-state index in [1.165, 1.54) is 5.69 Å². The predicted octanol–water partition coefficient (Wildman–Crippen LogP) is 2.54. The van der Waals surface area contributed by atoms with Crippen molar-refractivity contribution in [3.63, 3.8) is 0 Å². The van der Waals surface area contributed by atoms with Gasteiger partial charge in [0.05, 0.1) is 23.3 Å². The second-order valence-corrected chi connectivity index (χ2v) is 5.62. The quantitative estimate of drug-likeness (QED) is 0.886. The van der Waals surface area contributed by atoms with Crippen molar-refractivity contribution in [2.75, 3.05) is 18.4 Å². The van der Waals surface area contributed by atoms with Crippen LogP contribution in [0.5, 0.6) is 0 Å². The third-order valence-electron chi connectivity index (χ3n) is 2.94. The normalized spacial score (nSPS) is 11.6. The molecule has 2 aromatic rings. The van der Waals surface area contributed by atoms with Crippen molar-refractivity contribution in [1.29, 1.82) is 0 Å². The molecule has 0 radical (unpaired) electrons. The summed E-state index contributed by atoms with van der Waals surface area (Å²) in [5.41, 5.74) is 8.87. The van der Waals surface area contributed by atoms with Gasteiger partial charge in [-0.1, -0.05) is 39.0 Å². The maximum absolute atomic E-state index is 5.56. The van der Waals surface area contributed by atoms with Gasteiger partial charge in [0, 0.05) is 18.5 Å². The predicted molar refractivity (Wildman–Crippen MR) is 79.8 cm³/mol. The van der Waals surface area contributed by atoms with Crippen LogP contribution in [0.1, 0.15) is 26.5 Å². The molecule has 0 unspecified atom stereocenters. The number of hydrogen-bond donors (Lipinski definition) is 2. The molecule has 0 bridgehead atoms. The number of rotatable bonds is 4. The molecule has 0 amide bonds. The summed E-state index contributed by atoms with van der Waals surface area (Å²) >= 11 is 0. The Kier molecular flexibility index (Phi) is 3.90. The summed E-state index contributed by atoms with van der Waals surface area (Å²) in [6.45, 7) is 7.94. The molecule has 3 N–H and O–H groups in total. The summed E-state index contributed by atoms with van der Waals surface area (Å²) in [7, 11) is 0. The Labute approximate surface area is 114 Å². The molecule has 1 aromatic heterocycles. The third kappa shape index (κ3) is 2.96. The molecule has 0 spiro atoms. The molecule has 0 aliphatic heterocycles. The third-order valence-corrected chi connectivity index (χ3v) is 2.94. The molecular formula is C15H22N4. The van der Waals surface area contributed by atoms with Gasteiger partial charge >= 0.3 is 0 Å². The summed E-state index contributed by atoms with van der Waals surface area (Å²) in [4.78, 5) is 0. The van der Waals surface area contributed by atoms with Gasteiger partial charge in [0.1, 0.15) is 0 Å². The van der Waals surface area contributed by atoms with Crippen molar-refractivity contribution in [1.82, 2.24) is 9.78 Å². The average Bonchev–Trinajstić information content (AvgIpc) is 2.81. The highest BCUT2D eigenvalue weighted by Crippen LogP contribution is 2.31. The SMILES string of the molecule is CC(C)(C)c1c(NCCN)cnn1-c1ccccc1. The first-order chi connectivity index (χ1) is 9.04. The Hall–Kier alpha value is -1.81. The lowest BCUT2D eigenvalue weighted by atomic mass is 9.91. The Morgan fingerprint density at radius 3 is 2.47 bits per heavy atom. The van der Waals surface area contributed by atoms with Crippen LogP contribution in [0.2, 0.25) is 0 Å². The molecule has 2 rings (SSSR count). The number of nitrogens with zero attached hydrogens (tertiary/aromatic N) is 2. The summed E-state index contributed by atoms with van der Waals surface area (Å²) in [6.07, 6.45) is 1.88. The van der Waals surface area contributed by atoms with Crippen LogP contribution in [-0.4, -0.2) is 22.9 Å². The molecular weight excluding hydrogens is 236 g/mol. The first-order valence-electron chi connectivity index (χ1n) is 6.62. The zero-order valence-corrected chi connectivity index (χ0v) is 11.9. The van der Waals surface area contributed by atoms with Gasteiger partial charge in [-0.2, -0.15) is 5.10 Å². The minimum absolute atomic E-state index is 0.00325. The molecule has 0 aliphatic carbocycles. The summed E-state index contributed by atoms with van der Waals surface area (Å²) in [5, 5.41) is 7.87. The largest absolute Gasteiger partial charge is 0.381 e. The molecule has 102 valence electrons. The van der Waals surface area contributed by atoms with Crippen molar-refractivity contribution in [2.45, 2.75) is 26.2 Å². The van der Waals surface area contributed by atoms with Gasteiger partial charge in [-0.05, 0) is 12.1 Å². The van der Waals surface area contributed by atoms with E-state index in [0.29, 0.717) is 6.54 Å². The van der Waals surface area contributed by atoms with Gasteiger partial charge in [0.25, 0.3) is 0 Å². The minimum Gasteiger partial charge on any atom is -0.381 e. The lowest BCUT2D eigenvalue weighted by Gasteiger charge is -2.22. The first kappa shape index (κ1) is 13.6. The van der Waals surface area contributed by atoms with E-state index in [4.69, 9.17) is 5.73 Å². The number of anilines is 1. The second kappa shape index (κ2) is 5.45. The van der Waals surface area contributed by atoms with E-state index in [0.717, 1.165) is 17.9 Å². The van der Waals surface area contributed by atoms with Crippen molar-refractivity contribution < 1.29 is 0 Å². The fourth-order valence-electron chi connectivity index (χ4n) is 2.17. The monoisotopic (exact) mass is 258 g/mol. The molecule has 4 heteroatoms. The molecule has 0 atom stereocenters. The zero-order valence-electron chi connectivity index (χ0n) is 11.9. The lowest BCUT2D eigenvalue weighted by Crippen LogP contribution is -2.21. The zero-order chi connectivity index (χ0) is 13.9. The molecule has 0 saturated heterocycles. The van der Waals surface area contributed by atoms with Gasteiger partial charge in [-0.15, -0.1) is 0 Å². The highest BCUT2D eigenvalue weighted by molar-refractivity contribution is 5.53. The number of hydrogen-bond acceptors (Lipinski definition) is 3. The standard InChI is InChI=1S/C15H22N4/c1-15(2,3)14-13(17-10-9-16)11-18-19(14)12-7-5-4-6-8-12/h4-8,11,17H,9-10,16H2,1-3H3. The van der Waals surface area contributed by atoms with E-state index >= 15 is 0 Å². The molecule has 0 fully saturated rings. The van der Waals surface area contributed by atoms with E-state index in [2.05, 4.69) is 43.3 Å². The summed E-state index contributed by atoms with van der Waals surface area (Å²) < 4.78 is 2.00. The number of nitrogens with one attached hydrogen (secondary N) is 1. The van der Waals surface area contributed by atoms with Crippen LogP contribution in [-0.2, 0) is 5.41 Å². The topological polar surface area (TPSA) is 55.9 Å². The summed E-state index contributed by atoms with van der Waals surface area (Å²) in [5.74, 6) is 0. The average molecular weight is 258 g/mol. The molecule has 19 heavy (non-hydrogen) atoms. The van der Waals surface area contributed by atoms with Gasteiger partial charge in [0.15, 0.2) is 0 Å². The molecule has 0 aliphatic rings. The van der Waals surface area contributed by atoms with Crippen LogP contribution in [0.4, 0.5) is 5.69 Å². The smallest absolute Gasteiger partial charge is 0.0769 e. The Morgan fingerprint density at radius 2 is 1.89 bits per heavy atom. The Bertz CT molecular complexity index is 523. The van der Waals surface area contributed by atoms with Crippen molar-refractivity contribution in [2.24, 2.45) is 5.73 Å². The van der Waals surface area contributed by atoms with Crippen molar-refractivity contribution in [3.8, 4) is 5.69 Å². The number of para-hydroxylation sites is 1. The van der Waals surface area contributed by atoms with Crippen LogP contribution in [0.15, 0.2) is 36.5 Å². The highest BCUT2D eigenvalue weighted by Gasteiger charge is 2.24. The fourth-order valence-corrected chi connectivity index (χ4v) is 2.17. The van der Waals surface area contributed by atoms with Crippen molar-refractivity contribution >= 4 is 5.69 Å². The number of nitrogens with two attached hydrogens (primary N) is 1. The van der Waals surface area contributed by atoms with Gasteiger partial charge in [-0.3, -0.25) is 0 Å². The molecule has 1 aromatic carbocycles. The number of benzene rings is 1. The Morgan fingerprint density at radius 1 is 1.21 bits per heavy atom. The maximum Gasteiger partial charge on any atom is 0.0769 e. The molecule has 4 nitrogen and oxygen atoms in total. The van der Waals surface area contributed by atoms with Crippen molar-refractivity contribution in [3.05, 3.63) is 42.2 Å². The lowest BCUT2D eigenvalue weighted by molar-refractivity contribution is 0.545. The van der Waals surface area contributed by atoms with Crippen LogP contribution in [0.3, 0.4) is 0 Å². The van der Waals surface area contributed by atoms with Gasteiger partial charge < -0.3 is 11.1 Å². The van der Waals surface area contributed by atoms with E-state index in [1.54, 1.807) is 0 Å². The minimum atomic E-state index is 0.00325. The van der Waals surface area contributed by atoms with E-state index in [9.17, 15) is 0 Å². The highest BCUT2D eigenvalue weighted by atomic mass is 15.3. The van der Waals surface area contributed by atoms with E-state index in [-0.39, 0.29) is 5.41 Å². The molecule has 1 heterocycles. The van der Waals surface area contributed by atoms with Crippen LogP contribution in [0, 0.1) is 0 Å². The van der Waals surface area contributed by atoms with Crippen LogP contribution in [0.25, 0.3) is 5.69 Å². The maximum atomic E-state index is 5.56. The number of aromatic nitrogens is 2. The van der Waals surface area contributed by atoms with E-state index < -0.39 is 0 Å². The van der Waals surface area contributed by atoms with E-state index in [1.807, 2.05) is 29.1 Å². The first-order valence-corrected chi connectivity index (χ1v) is 6.62. The fraction of sp³-hybridized carbons (Fsp3) is 0.400. The van der Waals surface area contributed by atoms with Gasteiger partial charge in [-0.25, -0.2) is 4.68 Å². The van der Waals surface area contributed by atoms with Crippen LogP contribution >= 0.6 is 0 Å². The summed E-state index contributed by atoms with van der Waals surface area (Å²) in [6, 6.07) is 10.2. The molecule has 0 saturated carbocycles. The van der Waals surface area contributed by atoms with Crippen LogP contribution < -0.4 is 11.1 Å². The van der Waals surface area contributed by atoms with Gasteiger partial charge in [0.2, 0.25) is 0 Å².